The molecule has 0 saturated carbocycles. The monoisotopic (exact) mass is 331 g/mol. The maximum Gasteiger partial charge on any atom is 0.252 e. The smallest absolute Gasteiger partial charge is 0.252 e. The molecule has 1 N–H and O–H groups in total. The molecule has 1 fully saturated rings. The Kier molecular flexibility index (Phi) is 6.19. The first kappa shape index (κ1) is 16.9. The molecule has 120 valence electrons. The Balaban J connectivity index is 1.93. The Bertz CT molecular complexity index is 536. The van der Waals surface area contributed by atoms with Crippen molar-refractivity contribution >= 4 is 21.4 Å². The molecule has 0 aliphatic carbocycles. The van der Waals surface area contributed by atoms with Crippen molar-refractivity contribution in [2.24, 2.45) is 0 Å². The van der Waals surface area contributed by atoms with E-state index in [-0.39, 0.29) is 0 Å². The molecule has 0 atom stereocenters. The number of hydrogen-bond donors (Lipinski definition) is 1. The first-order valence-electron chi connectivity index (χ1n) is 7.52. The van der Waals surface area contributed by atoms with Crippen molar-refractivity contribution in [3.63, 3.8) is 0 Å². The second-order valence-corrected chi connectivity index (χ2v) is 8.82. The lowest BCUT2D eigenvalue weighted by Gasteiger charge is -2.20. The van der Waals surface area contributed by atoms with Gasteiger partial charge in [0.1, 0.15) is 4.21 Å². The molecule has 5 nitrogen and oxygen atoms in total. The van der Waals surface area contributed by atoms with Crippen molar-refractivity contribution < 1.29 is 8.42 Å². The highest BCUT2D eigenvalue weighted by molar-refractivity contribution is 7.91. The first-order valence-corrected chi connectivity index (χ1v) is 9.78. The number of nitrogens with one attached hydrogen (secondary N) is 1. The maximum atomic E-state index is 12.5. The van der Waals surface area contributed by atoms with Gasteiger partial charge >= 0.3 is 0 Å². The van der Waals surface area contributed by atoms with E-state index < -0.39 is 10.0 Å². The zero-order valence-electron chi connectivity index (χ0n) is 12.8. The van der Waals surface area contributed by atoms with Gasteiger partial charge in [0.05, 0.1) is 0 Å². The molecule has 0 aromatic carbocycles. The number of thiophene rings is 1. The van der Waals surface area contributed by atoms with Crippen LogP contribution in [0, 0.1) is 0 Å². The van der Waals surface area contributed by atoms with Crippen LogP contribution in [0.1, 0.15) is 24.6 Å². The number of likely N-dealkylation sites (tertiary alicyclic amines) is 1. The fourth-order valence-corrected chi connectivity index (χ4v) is 5.10. The third kappa shape index (κ3) is 4.50. The number of nitrogens with zero attached hydrogens (tertiary/aromatic N) is 2. The van der Waals surface area contributed by atoms with Crippen LogP contribution in [0.3, 0.4) is 0 Å². The van der Waals surface area contributed by atoms with Crippen LogP contribution < -0.4 is 5.32 Å². The Morgan fingerprint density at radius 1 is 1.33 bits per heavy atom. The summed E-state index contributed by atoms with van der Waals surface area (Å²) in [6.07, 6.45) is 2.46. The van der Waals surface area contributed by atoms with Crippen LogP contribution in [-0.4, -0.2) is 57.4 Å². The number of hydrogen-bond acceptors (Lipinski definition) is 5. The molecule has 7 heteroatoms. The molecular formula is C14H25N3O2S2. The molecule has 1 saturated heterocycles. The Hall–Kier alpha value is -0.470. The average molecular weight is 332 g/mol. The maximum absolute atomic E-state index is 12.5. The van der Waals surface area contributed by atoms with Gasteiger partial charge < -0.3 is 10.2 Å². The van der Waals surface area contributed by atoms with Crippen LogP contribution in [0.25, 0.3) is 0 Å². The summed E-state index contributed by atoms with van der Waals surface area (Å²) in [4.78, 5) is 3.39. The van der Waals surface area contributed by atoms with Gasteiger partial charge in [-0.15, -0.1) is 11.3 Å². The first-order chi connectivity index (χ1) is 10.0. The summed E-state index contributed by atoms with van der Waals surface area (Å²) >= 11 is 1.36. The van der Waals surface area contributed by atoms with Gasteiger partial charge in [-0.25, -0.2) is 8.42 Å². The Morgan fingerprint density at radius 2 is 2.05 bits per heavy atom. The predicted octanol–water partition coefficient (Wildman–Crippen LogP) is 1.57. The van der Waals surface area contributed by atoms with Crippen molar-refractivity contribution in [2.75, 3.05) is 39.8 Å². The van der Waals surface area contributed by atoms with E-state index in [2.05, 4.69) is 10.2 Å². The van der Waals surface area contributed by atoms with Gasteiger partial charge in [-0.05, 0) is 44.6 Å². The van der Waals surface area contributed by atoms with Gasteiger partial charge in [0.15, 0.2) is 0 Å². The van der Waals surface area contributed by atoms with E-state index in [4.69, 9.17) is 0 Å². The van der Waals surface area contributed by atoms with Crippen molar-refractivity contribution in [3.05, 3.63) is 17.0 Å². The molecule has 1 aliphatic rings. The van der Waals surface area contributed by atoms with Gasteiger partial charge in [-0.1, -0.05) is 6.92 Å². The van der Waals surface area contributed by atoms with E-state index in [1.54, 1.807) is 13.1 Å². The van der Waals surface area contributed by atoms with E-state index in [1.165, 1.54) is 28.5 Å². The van der Waals surface area contributed by atoms with Crippen molar-refractivity contribution in [3.8, 4) is 0 Å². The summed E-state index contributed by atoms with van der Waals surface area (Å²) in [5.74, 6) is 0. The lowest BCUT2D eigenvalue weighted by molar-refractivity contribution is 0.310. The zero-order valence-corrected chi connectivity index (χ0v) is 14.5. The number of sulfonamides is 1. The summed E-state index contributed by atoms with van der Waals surface area (Å²) in [7, 11) is -1.66. The van der Waals surface area contributed by atoms with Crippen LogP contribution >= 0.6 is 11.3 Å². The van der Waals surface area contributed by atoms with E-state index in [0.717, 1.165) is 37.6 Å². The normalized spacial score (nSPS) is 16.9. The summed E-state index contributed by atoms with van der Waals surface area (Å²) in [5.41, 5.74) is 0. The minimum absolute atomic E-state index is 0.444. The summed E-state index contributed by atoms with van der Waals surface area (Å²) in [6, 6.07) is 3.62. The standard InChI is InChI=1S/C14H25N3O2S2/c1-3-15-12-13-6-7-14(20-13)21(18,19)16(2)10-11-17-8-4-5-9-17/h6-7,15H,3-5,8-12H2,1-2H3. The lowest BCUT2D eigenvalue weighted by atomic mass is 10.4. The SMILES string of the molecule is CCNCc1ccc(S(=O)(=O)N(C)CCN2CCCC2)s1. The summed E-state index contributed by atoms with van der Waals surface area (Å²) in [6.45, 7) is 7.23. The van der Waals surface area contributed by atoms with Crippen LogP contribution in [0.4, 0.5) is 0 Å². The molecule has 2 heterocycles. The Labute approximate surface area is 132 Å². The molecule has 2 rings (SSSR count). The van der Waals surface area contributed by atoms with Crippen LogP contribution in [0.15, 0.2) is 16.3 Å². The van der Waals surface area contributed by atoms with E-state index in [9.17, 15) is 8.42 Å². The molecule has 21 heavy (non-hydrogen) atoms. The van der Waals surface area contributed by atoms with Crippen molar-refractivity contribution in [2.45, 2.75) is 30.5 Å². The minimum Gasteiger partial charge on any atom is -0.312 e. The topological polar surface area (TPSA) is 52.7 Å². The summed E-state index contributed by atoms with van der Waals surface area (Å²) in [5, 5.41) is 3.22. The highest BCUT2D eigenvalue weighted by Crippen LogP contribution is 2.24. The van der Waals surface area contributed by atoms with Crippen LogP contribution in [0.5, 0.6) is 0 Å². The van der Waals surface area contributed by atoms with Gasteiger partial charge in [0, 0.05) is 31.6 Å². The average Bonchev–Trinajstić information content (AvgIpc) is 3.13. The second kappa shape index (κ2) is 7.69. The van der Waals surface area contributed by atoms with E-state index >= 15 is 0 Å². The quantitative estimate of drug-likeness (QED) is 0.786. The third-order valence-corrected chi connectivity index (χ3v) is 7.19. The Morgan fingerprint density at radius 3 is 2.71 bits per heavy atom. The molecule has 0 unspecified atom stereocenters. The van der Waals surface area contributed by atoms with Gasteiger partial charge in [0.25, 0.3) is 10.0 Å². The molecular weight excluding hydrogens is 306 g/mol. The predicted molar refractivity (Wildman–Crippen MR) is 87.2 cm³/mol. The van der Waals surface area contributed by atoms with Gasteiger partial charge in [-0.3, -0.25) is 0 Å². The molecule has 1 aromatic heterocycles. The zero-order chi connectivity index (χ0) is 15.3. The molecule has 0 radical (unpaired) electrons. The third-order valence-electron chi connectivity index (χ3n) is 3.78. The van der Waals surface area contributed by atoms with Gasteiger partial charge in [0.2, 0.25) is 0 Å². The van der Waals surface area contributed by atoms with Crippen LogP contribution in [-0.2, 0) is 16.6 Å². The van der Waals surface area contributed by atoms with E-state index in [0.29, 0.717) is 10.8 Å². The lowest BCUT2D eigenvalue weighted by Crippen LogP contribution is -2.34. The van der Waals surface area contributed by atoms with Crippen molar-refractivity contribution in [1.82, 2.24) is 14.5 Å². The minimum atomic E-state index is -3.34. The summed E-state index contributed by atoms with van der Waals surface area (Å²) < 4.78 is 27.0. The highest BCUT2D eigenvalue weighted by Gasteiger charge is 2.23. The fourth-order valence-electron chi connectivity index (χ4n) is 2.40. The molecule has 1 aromatic rings. The van der Waals surface area contributed by atoms with Crippen LogP contribution in [0.2, 0.25) is 0 Å². The van der Waals surface area contributed by atoms with Crippen molar-refractivity contribution in [1.29, 1.82) is 0 Å². The molecule has 0 bridgehead atoms. The van der Waals surface area contributed by atoms with Gasteiger partial charge in [-0.2, -0.15) is 4.31 Å². The number of likely N-dealkylation sites (N-methyl/N-ethyl adjacent to an activating group) is 1. The highest BCUT2D eigenvalue weighted by atomic mass is 32.2. The molecule has 0 amide bonds. The largest absolute Gasteiger partial charge is 0.312 e. The van der Waals surface area contributed by atoms with E-state index in [1.807, 2.05) is 13.0 Å². The second-order valence-electron chi connectivity index (χ2n) is 5.38. The fraction of sp³-hybridized carbons (Fsp3) is 0.714. The number of rotatable bonds is 8. The molecule has 1 aliphatic heterocycles. The molecule has 0 spiro atoms.